The van der Waals surface area contributed by atoms with Gasteiger partial charge in [0.25, 0.3) is 0 Å². The molecular weight excluding hydrogens is 188 g/mol. The minimum Gasteiger partial charge on any atom is -0.319 e. The van der Waals surface area contributed by atoms with E-state index in [-0.39, 0.29) is 5.54 Å². The zero-order valence-corrected chi connectivity index (χ0v) is 9.58. The summed E-state index contributed by atoms with van der Waals surface area (Å²) in [6.45, 7) is 4.21. The van der Waals surface area contributed by atoms with Gasteiger partial charge in [-0.3, -0.25) is 5.10 Å². The molecule has 0 spiro atoms. The first-order valence-corrected chi connectivity index (χ1v) is 5.83. The van der Waals surface area contributed by atoms with Crippen LogP contribution in [0.5, 0.6) is 0 Å². The van der Waals surface area contributed by atoms with Crippen molar-refractivity contribution in [3.05, 3.63) is 11.6 Å². The van der Waals surface area contributed by atoms with Crippen molar-refractivity contribution in [1.82, 2.24) is 15.2 Å². The minimum atomic E-state index is -0.276. The van der Waals surface area contributed by atoms with E-state index in [1.165, 1.54) is 19.3 Å². The highest BCUT2D eigenvalue weighted by Crippen LogP contribution is 2.32. The first kappa shape index (κ1) is 10.6. The Bertz CT molecular complexity index is 323. The van der Waals surface area contributed by atoms with E-state index in [1.54, 1.807) is 0 Å². The van der Waals surface area contributed by atoms with E-state index in [0.29, 0.717) is 5.92 Å². The van der Waals surface area contributed by atoms with Crippen LogP contribution in [0.1, 0.15) is 63.5 Å². The lowest BCUT2D eigenvalue weighted by atomic mass is 9.82. The van der Waals surface area contributed by atoms with Gasteiger partial charge in [-0.05, 0) is 12.8 Å². The maximum Gasteiger partial charge on any atom is 0.170 e. The maximum atomic E-state index is 6.35. The minimum absolute atomic E-state index is 0.276. The van der Waals surface area contributed by atoms with E-state index in [9.17, 15) is 0 Å². The van der Waals surface area contributed by atoms with E-state index >= 15 is 0 Å². The van der Waals surface area contributed by atoms with Gasteiger partial charge in [-0.2, -0.15) is 5.10 Å². The number of aromatic amines is 1. The quantitative estimate of drug-likeness (QED) is 0.781. The monoisotopic (exact) mass is 208 g/mol. The molecule has 4 heteroatoms. The van der Waals surface area contributed by atoms with Gasteiger partial charge in [-0.25, -0.2) is 4.98 Å². The lowest BCUT2D eigenvalue weighted by Crippen LogP contribution is -2.39. The topological polar surface area (TPSA) is 67.6 Å². The molecule has 2 rings (SSSR count). The van der Waals surface area contributed by atoms with E-state index in [1.807, 2.05) is 0 Å². The molecule has 0 unspecified atom stereocenters. The molecule has 0 radical (unpaired) electrons. The third-order valence-corrected chi connectivity index (χ3v) is 3.24. The second-order valence-electron chi connectivity index (χ2n) is 4.92. The van der Waals surface area contributed by atoms with Crippen molar-refractivity contribution in [3.8, 4) is 0 Å². The van der Waals surface area contributed by atoms with E-state index in [4.69, 9.17) is 5.73 Å². The number of hydrogen-bond donors (Lipinski definition) is 2. The SMILES string of the molecule is CC(C)c1nc(C2(N)CCCCC2)n[nH]1. The van der Waals surface area contributed by atoms with Crippen LogP contribution in [0.2, 0.25) is 0 Å². The van der Waals surface area contributed by atoms with E-state index < -0.39 is 0 Å². The van der Waals surface area contributed by atoms with Crippen molar-refractivity contribution in [3.63, 3.8) is 0 Å². The van der Waals surface area contributed by atoms with Crippen molar-refractivity contribution >= 4 is 0 Å². The molecule has 1 aliphatic carbocycles. The fourth-order valence-corrected chi connectivity index (χ4v) is 2.16. The molecule has 84 valence electrons. The summed E-state index contributed by atoms with van der Waals surface area (Å²) in [5, 5.41) is 7.26. The van der Waals surface area contributed by atoms with Gasteiger partial charge < -0.3 is 5.73 Å². The van der Waals surface area contributed by atoms with Gasteiger partial charge in [0, 0.05) is 5.92 Å². The molecule has 1 aliphatic rings. The summed E-state index contributed by atoms with van der Waals surface area (Å²) in [5.41, 5.74) is 6.07. The van der Waals surface area contributed by atoms with Crippen molar-refractivity contribution < 1.29 is 0 Å². The Balaban J connectivity index is 2.20. The zero-order valence-electron chi connectivity index (χ0n) is 9.58. The van der Waals surface area contributed by atoms with Crippen LogP contribution >= 0.6 is 0 Å². The Morgan fingerprint density at radius 1 is 1.27 bits per heavy atom. The molecule has 15 heavy (non-hydrogen) atoms. The fourth-order valence-electron chi connectivity index (χ4n) is 2.16. The first-order valence-electron chi connectivity index (χ1n) is 5.83. The average Bonchev–Trinajstić information content (AvgIpc) is 2.68. The van der Waals surface area contributed by atoms with Crippen LogP contribution < -0.4 is 5.73 Å². The standard InChI is InChI=1S/C11H20N4/c1-8(2)9-13-10(15-14-9)11(12)6-4-3-5-7-11/h8H,3-7,12H2,1-2H3,(H,13,14,15). The molecule has 0 amide bonds. The maximum absolute atomic E-state index is 6.35. The summed E-state index contributed by atoms with van der Waals surface area (Å²) in [6.07, 6.45) is 5.72. The van der Waals surface area contributed by atoms with Crippen molar-refractivity contribution in [2.45, 2.75) is 57.4 Å². The summed E-state index contributed by atoms with van der Waals surface area (Å²) >= 11 is 0. The van der Waals surface area contributed by atoms with Gasteiger partial charge in [-0.1, -0.05) is 33.1 Å². The van der Waals surface area contributed by atoms with Crippen LogP contribution in [0, 0.1) is 0 Å². The molecule has 1 fully saturated rings. The van der Waals surface area contributed by atoms with E-state index in [0.717, 1.165) is 24.5 Å². The van der Waals surface area contributed by atoms with Crippen molar-refractivity contribution in [2.24, 2.45) is 5.73 Å². The van der Waals surface area contributed by atoms with Crippen LogP contribution in [-0.2, 0) is 5.54 Å². The highest BCUT2D eigenvalue weighted by atomic mass is 15.2. The normalized spacial score (nSPS) is 20.8. The predicted octanol–water partition coefficient (Wildman–Crippen LogP) is 2.05. The highest BCUT2D eigenvalue weighted by molar-refractivity contribution is 5.07. The van der Waals surface area contributed by atoms with Crippen LogP contribution in [0.4, 0.5) is 0 Å². The number of nitrogens with zero attached hydrogens (tertiary/aromatic N) is 2. The molecule has 0 atom stereocenters. The number of H-pyrrole nitrogens is 1. The van der Waals surface area contributed by atoms with Gasteiger partial charge in [0.1, 0.15) is 5.82 Å². The van der Waals surface area contributed by atoms with Gasteiger partial charge >= 0.3 is 0 Å². The Labute approximate surface area is 90.7 Å². The molecule has 0 saturated heterocycles. The predicted molar refractivity (Wildman–Crippen MR) is 59.4 cm³/mol. The van der Waals surface area contributed by atoms with Crippen LogP contribution in [0.25, 0.3) is 0 Å². The number of nitrogens with two attached hydrogens (primary N) is 1. The molecule has 1 heterocycles. The third-order valence-electron chi connectivity index (χ3n) is 3.24. The zero-order chi connectivity index (χ0) is 10.9. The smallest absolute Gasteiger partial charge is 0.170 e. The fraction of sp³-hybridized carbons (Fsp3) is 0.818. The number of hydrogen-bond acceptors (Lipinski definition) is 3. The van der Waals surface area contributed by atoms with Crippen LogP contribution in [0.3, 0.4) is 0 Å². The second kappa shape index (κ2) is 3.93. The molecule has 1 saturated carbocycles. The number of rotatable bonds is 2. The van der Waals surface area contributed by atoms with Crippen molar-refractivity contribution in [2.75, 3.05) is 0 Å². The Kier molecular flexibility index (Phi) is 2.78. The Morgan fingerprint density at radius 2 is 1.93 bits per heavy atom. The van der Waals surface area contributed by atoms with Gasteiger partial charge in [0.2, 0.25) is 0 Å². The van der Waals surface area contributed by atoms with E-state index in [2.05, 4.69) is 29.0 Å². The van der Waals surface area contributed by atoms with Crippen LogP contribution in [0.15, 0.2) is 0 Å². The molecule has 0 aromatic carbocycles. The largest absolute Gasteiger partial charge is 0.319 e. The molecule has 0 bridgehead atoms. The van der Waals surface area contributed by atoms with Crippen molar-refractivity contribution in [1.29, 1.82) is 0 Å². The third kappa shape index (κ3) is 2.04. The first-order chi connectivity index (χ1) is 7.12. The number of aromatic nitrogens is 3. The summed E-state index contributed by atoms with van der Waals surface area (Å²) in [7, 11) is 0. The molecule has 0 aliphatic heterocycles. The van der Waals surface area contributed by atoms with Crippen LogP contribution in [-0.4, -0.2) is 15.2 Å². The molecule has 4 nitrogen and oxygen atoms in total. The lowest BCUT2D eigenvalue weighted by molar-refractivity contribution is 0.287. The Morgan fingerprint density at radius 3 is 2.47 bits per heavy atom. The van der Waals surface area contributed by atoms with Gasteiger partial charge in [-0.15, -0.1) is 0 Å². The molecule has 3 N–H and O–H groups in total. The average molecular weight is 208 g/mol. The molecular formula is C11H20N4. The number of nitrogens with one attached hydrogen (secondary N) is 1. The van der Waals surface area contributed by atoms with Gasteiger partial charge in [0.15, 0.2) is 5.82 Å². The molecule has 1 aromatic rings. The summed E-state index contributed by atoms with van der Waals surface area (Å²) in [4.78, 5) is 4.51. The molecule has 1 aromatic heterocycles. The summed E-state index contributed by atoms with van der Waals surface area (Å²) in [5.74, 6) is 2.14. The Hall–Kier alpha value is -0.900. The lowest BCUT2D eigenvalue weighted by Gasteiger charge is -2.30. The summed E-state index contributed by atoms with van der Waals surface area (Å²) in [6, 6.07) is 0. The van der Waals surface area contributed by atoms with Gasteiger partial charge in [0.05, 0.1) is 5.54 Å². The highest BCUT2D eigenvalue weighted by Gasteiger charge is 2.33. The summed E-state index contributed by atoms with van der Waals surface area (Å²) < 4.78 is 0. The second-order valence-corrected chi connectivity index (χ2v) is 4.92.